The monoisotopic (exact) mass is 223 g/mol. The van der Waals surface area contributed by atoms with Crippen molar-refractivity contribution in [2.24, 2.45) is 5.92 Å². The molecule has 1 aromatic rings. The third-order valence-electron chi connectivity index (χ3n) is 2.37. The highest BCUT2D eigenvalue weighted by Crippen LogP contribution is 2.10. The van der Waals surface area contributed by atoms with Crippen LogP contribution < -0.4 is 10.9 Å². The number of nitrogens with zero attached hydrogens (tertiary/aromatic N) is 1. The number of hydrogen-bond acceptors (Lipinski definition) is 3. The Bertz CT molecular complexity index is 382. The topological polar surface area (TPSA) is 57.8 Å². The summed E-state index contributed by atoms with van der Waals surface area (Å²) in [6.45, 7) is 9.23. The Kier molecular flexibility index (Phi) is 4.52. The molecule has 0 aliphatic heterocycles. The van der Waals surface area contributed by atoms with E-state index < -0.39 is 0 Å². The molecule has 90 valence electrons. The minimum absolute atomic E-state index is 0.0919. The normalized spacial score (nSPS) is 11.1. The fraction of sp³-hybridized carbons (Fsp3) is 0.667. The Labute approximate surface area is 96.5 Å². The minimum Gasteiger partial charge on any atom is -0.356 e. The maximum atomic E-state index is 11.4. The molecule has 0 aliphatic carbocycles. The fourth-order valence-electron chi connectivity index (χ4n) is 1.34. The average molecular weight is 223 g/mol. The largest absolute Gasteiger partial charge is 0.356 e. The van der Waals surface area contributed by atoms with Gasteiger partial charge in [0.25, 0.3) is 5.56 Å². The molecule has 0 fully saturated rings. The molecule has 0 spiro atoms. The third-order valence-corrected chi connectivity index (χ3v) is 2.37. The molecule has 4 heteroatoms. The lowest BCUT2D eigenvalue weighted by Crippen LogP contribution is -2.16. The van der Waals surface area contributed by atoms with Crippen molar-refractivity contribution >= 4 is 5.95 Å². The van der Waals surface area contributed by atoms with Gasteiger partial charge < -0.3 is 5.32 Å². The summed E-state index contributed by atoms with van der Waals surface area (Å²) in [5, 5.41) is 3.15. The fourth-order valence-corrected chi connectivity index (χ4v) is 1.34. The predicted octanol–water partition coefficient (Wildman–Crippen LogP) is 2.35. The molecule has 0 aromatic carbocycles. The maximum Gasteiger partial charge on any atom is 0.252 e. The Morgan fingerprint density at radius 2 is 2.06 bits per heavy atom. The van der Waals surface area contributed by atoms with Crippen molar-refractivity contribution < 1.29 is 0 Å². The molecule has 0 aliphatic rings. The van der Waals surface area contributed by atoms with Gasteiger partial charge in [0.1, 0.15) is 0 Å². The molecule has 4 nitrogen and oxygen atoms in total. The van der Waals surface area contributed by atoms with Crippen molar-refractivity contribution in [2.75, 3.05) is 11.9 Å². The minimum atomic E-state index is -0.0919. The van der Waals surface area contributed by atoms with Crippen LogP contribution >= 0.6 is 0 Å². The van der Waals surface area contributed by atoms with Gasteiger partial charge in [0, 0.05) is 12.6 Å². The summed E-state index contributed by atoms with van der Waals surface area (Å²) in [7, 11) is 0. The van der Waals surface area contributed by atoms with Crippen LogP contribution in [0.2, 0.25) is 0 Å². The summed E-state index contributed by atoms with van der Waals surface area (Å²) in [5.41, 5.74) is 0.738. The zero-order valence-electron chi connectivity index (χ0n) is 10.5. The first-order valence-corrected chi connectivity index (χ1v) is 5.84. The van der Waals surface area contributed by atoms with E-state index in [9.17, 15) is 4.79 Å². The summed E-state index contributed by atoms with van der Waals surface area (Å²) in [5.74, 6) is 1.50. The number of aromatic nitrogens is 2. The molecule has 0 atom stereocenters. The van der Waals surface area contributed by atoms with Gasteiger partial charge in [0.2, 0.25) is 5.95 Å². The number of rotatable bonds is 5. The van der Waals surface area contributed by atoms with Gasteiger partial charge in [-0.25, -0.2) is 4.98 Å². The Balaban J connectivity index is 2.69. The summed E-state index contributed by atoms with van der Waals surface area (Å²) in [6.07, 6.45) is 1.07. The van der Waals surface area contributed by atoms with E-state index >= 15 is 0 Å². The van der Waals surface area contributed by atoms with Gasteiger partial charge >= 0.3 is 0 Å². The molecular formula is C12H21N3O. The molecular weight excluding hydrogens is 202 g/mol. The lowest BCUT2D eigenvalue weighted by molar-refractivity contribution is 0.605. The highest BCUT2D eigenvalue weighted by atomic mass is 16.1. The highest BCUT2D eigenvalue weighted by molar-refractivity contribution is 5.25. The SMILES string of the molecule is CC(C)CCNc1nc(C(C)C)cc(=O)[nH]1. The average Bonchev–Trinajstić information content (AvgIpc) is 2.16. The van der Waals surface area contributed by atoms with Gasteiger partial charge in [-0.15, -0.1) is 0 Å². The van der Waals surface area contributed by atoms with E-state index in [-0.39, 0.29) is 11.5 Å². The second kappa shape index (κ2) is 5.68. The molecule has 0 unspecified atom stereocenters. The molecule has 0 saturated carbocycles. The first-order chi connectivity index (χ1) is 7.49. The first kappa shape index (κ1) is 12.7. The van der Waals surface area contributed by atoms with Gasteiger partial charge in [0.05, 0.1) is 5.69 Å². The maximum absolute atomic E-state index is 11.4. The summed E-state index contributed by atoms with van der Waals surface area (Å²) >= 11 is 0. The Hall–Kier alpha value is -1.32. The van der Waals surface area contributed by atoms with Gasteiger partial charge in [0.15, 0.2) is 0 Å². The van der Waals surface area contributed by atoms with Crippen LogP contribution in [0.3, 0.4) is 0 Å². The van der Waals surface area contributed by atoms with Crippen LogP contribution in [0, 0.1) is 5.92 Å². The zero-order valence-corrected chi connectivity index (χ0v) is 10.5. The number of anilines is 1. The van der Waals surface area contributed by atoms with E-state index in [1.807, 2.05) is 13.8 Å². The predicted molar refractivity (Wildman–Crippen MR) is 66.9 cm³/mol. The van der Waals surface area contributed by atoms with E-state index in [0.717, 1.165) is 18.7 Å². The standard InChI is InChI=1S/C12H21N3O/c1-8(2)5-6-13-12-14-10(9(3)4)7-11(16)15-12/h7-9H,5-6H2,1-4H3,(H2,13,14,15,16). The molecule has 0 amide bonds. The molecule has 1 rings (SSSR count). The van der Waals surface area contributed by atoms with E-state index in [1.165, 1.54) is 0 Å². The van der Waals surface area contributed by atoms with E-state index in [2.05, 4.69) is 29.1 Å². The highest BCUT2D eigenvalue weighted by Gasteiger charge is 2.04. The van der Waals surface area contributed by atoms with Crippen molar-refractivity contribution in [3.05, 3.63) is 22.1 Å². The van der Waals surface area contributed by atoms with Crippen LogP contribution in [-0.2, 0) is 0 Å². The van der Waals surface area contributed by atoms with E-state index in [0.29, 0.717) is 11.9 Å². The van der Waals surface area contributed by atoms with Crippen LogP contribution in [0.25, 0.3) is 0 Å². The van der Waals surface area contributed by atoms with Gasteiger partial charge in [-0.3, -0.25) is 9.78 Å². The van der Waals surface area contributed by atoms with Crippen molar-refractivity contribution in [2.45, 2.75) is 40.0 Å². The summed E-state index contributed by atoms with van der Waals surface area (Å²) < 4.78 is 0. The summed E-state index contributed by atoms with van der Waals surface area (Å²) in [4.78, 5) is 18.4. The molecule has 0 radical (unpaired) electrons. The number of hydrogen-bond donors (Lipinski definition) is 2. The van der Waals surface area contributed by atoms with Gasteiger partial charge in [-0.2, -0.15) is 0 Å². The van der Waals surface area contributed by atoms with Crippen molar-refractivity contribution in [3.8, 4) is 0 Å². The molecule has 2 N–H and O–H groups in total. The van der Waals surface area contributed by atoms with E-state index in [1.54, 1.807) is 6.07 Å². The van der Waals surface area contributed by atoms with Crippen LogP contribution in [0.5, 0.6) is 0 Å². The summed E-state index contributed by atoms with van der Waals surface area (Å²) in [6, 6.07) is 1.55. The van der Waals surface area contributed by atoms with Gasteiger partial charge in [-0.05, 0) is 18.3 Å². The number of aromatic amines is 1. The first-order valence-electron chi connectivity index (χ1n) is 5.84. The Morgan fingerprint density at radius 3 is 2.62 bits per heavy atom. The number of H-pyrrole nitrogens is 1. The third kappa shape index (κ3) is 4.04. The Morgan fingerprint density at radius 1 is 1.38 bits per heavy atom. The van der Waals surface area contributed by atoms with Crippen LogP contribution in [0.1, 0.15) is 45.7 Å². The lowest BCUT2D eigenvalue weighted by Gasteiger charge is -2.09. The number of nitrogens with one attached hydrogen (secondary N) is 2. The second-order valence-corrected chi connectivity index (χ2v) is 4.78. The van der Waals surface area contributed by atoms with Crippen molar-refractivity contribution in [3.63, 3.8) is 0 Å². The second-order valence-electron chi connectivity index (χ2n) is 4.78. The van der Waals surface area contributed by atoms with Crippen LogP contribution in [0.4, 0.5) is 5.95 Å². The lowest BCUT2D eigenvalue weighted by atomic mass is 10.1. The molecule has 0 saturated heterocycles. The smallest absolute Gasteiger partial charge is 0.252 e. The van der Waals surface area contributed by atoms with Crippen molar-refractivity contribution in [1.82, 2.24) is 9.97 Å². The molecule has 16 heavy (non-hydrogen) atoms. The van der Waals surface area contributed by atoms with E-state index in [4.69, 9.17) is 0 Å². The van der Waals surface area contributed by atoms with Gasteiger partial charge in [-0.1, -0.05) is 27.7 Å². The zero-order chi connectivity index (χ0) is 12.1. The quantitative estimate of drug-likeness (QED) is 0.805. The van der Waals surface area contributed by atoms with Crippen LogP contribution in [-0.4, -0.2) is 16.5 Å². The molecule has 1 heterocycles. The molecule has 0 bridgehead atoms. The molecule has 1 aromatic heterocycles. The van der Waals surface area contributed by atoms with Crippen molar-refractivity contribution in [1.29, 1.82) is 0 Å². The van der Waals surface area contributed by atoms with Crippen LogP contribution in [0.15, 0.2) is 10.9 Å².